The fourth-order valence-electron chi connectivity index (χ4n) is 4.29. The van der Waals surface area contributed by atoms with Gasteiger partial charge in [0.2, 0.25) is 0 Å². The van der Waals surface area contributed by atoms with Gasteiger partial charge in [-0.05, 0) is 43.2 Å². The lowest BCUT2D eigenvalue weighted by molar-refractivity contribution is -0.118. The molecular weight excluding hydrogens is 478 g/mol. The van der Waals surface area contributed by atoms with E-state index in [-0.39, 0.29) is 29.7 Å². The van der Waals surface area contributed by atoms with Crippen molar-refractivity contribution in [1.29, 1.82) is 5.26 Å². The Bertz CT molecular complexity index is 1390. The number of pyridine rings is 1. The van der Waals surface area contributed by atoms with E-state index in [0.29, 0.717) is 23.9 Å². The summed E-state index contributed by atoms with van der Waals surface area (Å²) in [6.07, 6.45) is 6.52. The van der Waals surface area contributed by atoms with E-state index in [1.807, 2.05) is 0 Å². The first-order chi connectivity index (χ1) is 17.9. The van der Waals surface area contributed by atoms with Gasteiger partial charge in [0.25, 0.3) is 11.5 Å². The first-order valence-electron chi connectivity index (χ1n) is 12.0. The molecule has 192 valence electrons. The predicted octanol–water partition coefficient (Wildman–Crippen LogP) is 2.69. The van der Waals surface area contributed by atoms with Gasteiger partial charge in [0, 0.05) is 19.1 Å². The fraction of sp³-hybridized carbons (Fsp3) is 0.360. The maximum absolute atomic E-state index is 12.1. The van der Waals surface area contributed by atoms with Crippen LogP contribution in [0.2, 0.25) is 0 Å². The summed E-state index contributed by atoms with van der Waals surface area (Å²) in [4.78, 5) is 41.4. The number of carbonyl (C=O) groups is 2. The van der Waals surface area contributed by atoms with Gasteiger partial charge in [0.15, 0.2) is 18.2 Å². The second-order valence-corrected chi connectivity index (χ2v) is 8.66. The molecule has 1 fully saturated rings. The molecular formula is C25H27N7O5. The molecule has 4 N–H and O–H groups in total. The van der Waals surface area contributed by atoms with Gasteiger partial charge in [-0.2, -0.15) is 5.26 Å². The van der Waals surface area contributed by atoms with E-state index in [1.165, 1.54) is 50.4 Å². The van der Waals surface area contributed by atoms with Crippen LogP contribution in [0.15, 0.2) is 41.3 Å². The SMILES string of the molecule is N#Cc1ccc2ncc(=O)n(CCNC3CCCCC3)c2c1.O=C(O)Nc1ccc2c(n1)NC(=O)CO2. The third-order valence-corrected chi connectivity index (χ3v) is 6.06. The molecule has 2 aromatic heterocycles. The average Bonchev–Trinajstić information content (AvgIpc) is 2.90. The molecule has 1 saturated carbocycles. The highest BCUT2D eigenvalue weighted by atomic mass is 16.5. The smallest absolute Gasteiger partial charge is 0.410 e. The zero-order valence-corrected chi connectivity index (χ0v) is 20.1. The van der Waals surface area contributed by atoms with Gasteiger partial charge in [-0.3, -0.25) is 14.9 Å². The number of hydrogen-bond donors (Lipinski definition) is 4. The molecule has 3 aromatic rings. The van der Waals surface area contributed by atoms with Crippen molar-refractivity contribution in [2.75, 3.05) is 23.8 Å². The largest absolute Gasteiger partial charge is 0.480 e. The van der Waals surface area contributed by atoms with Crippen LogP contribution in [0.5, 0.6) is 5.75 Å². The monoisotopic (exact) mass is 505 g/mol. The molecule has 0 atom stereocenters. The van der Waals surface area contributed by atoms with Crippen LogP contribution in [0, 0.1) is 11.3 Å². The molecule has 0 radical (unpaired) electrons. The van der Waals surface area contributed by atoms with Crippen molar-refractivity contribution >= 4 is 34.7 Å². The summed E-state index contributed by atoms with van der Waals surface area (Å²) in [5.41, 5.74) is 1.91. The van der Waals surface area contributed by atoms with Gasteiger partial charge >= 0.3 is 6.09 Å². The number of carboxylic acid groups (broad SMARTS) is 1. The molecule has 3 heterocycles. The van der Waals surface area contributed by atoms with Crippen LogP contribution in [0.4, 0.5) is 16.4 Å². The highest BCUT2D eigenvalue weighted by molar-refractivity contribution is 5.94. The van der Waals surface area contributed by atoms with Crippen LogP contribution in [-0.2, 0) is 11.3 Å². The van der Waals surface area contributed by atoms with Gasteiger partial charge in [-0.15, -0.1) is 0 Å². The molecule has 1 aromatic carbocycles. The maximum atomic E-state index is 12.1. The van der Waals surface area contributed by atoms with Crippen molar-refractivity contribution in [2.24, 2.45) is 0 Å². The summed E-state index contributed by atoms with van der Waals surface area (Å²) < 4.78 is 6.75. The molecule has 1 aliphatic heterocycles. The number of rotatable bonds is 5. The predicted molar refractivity (Wildman–Crippen MR) is 136 cm³/mol. The molecule has 0 bridgehead atoms. The third kappa shape index (κ3) is 6.80. The van der Waals surface area contributed by atoms with E-state index in [9.17, 15) is 14.4 Å². The zero-order valence-electron chi connectivity index (χ0n) is 20.1. The Kier molecular flexibility index (Phi) is 8.27. The van der Waals surface area contributed by atoms with E-state index >= 15 is 0 Å². The first kappa shape index (κ1) is 25.6. The standard InChI is InChI=1S/C17H20N4O.C8H7N3O4/c18-11-13-6-7-15-16(10-13)21(17(22)12-20-15)9-8-19-14-4-2-1-3-5-14;12-6-3-15-4-1-2-5(10-8(13)14)9-7(4)11-6/h6-7,10,12,14,19H,1-5,8-9H2;1-2H,3H2,(H,13,14)(H2,9,10,11,12). The number of ether oxygens (including phenoxy) is 1. The minimum absolute atomic E-state index is 0.0552. The van der Waals surface area contributed by atoms with Gasteiger partial charge in [-0.1, -0.05) is 19.3 Å². The summed E-state index contributed by atoms with van der Waals surface area (Å²) in [5, 5.41) is 25.6. The second-order valence-electron chi connectivity index (χ2n) is 8.66. The second kappa shape index (κ2) is 12.0. The minimum atomic E-state index is -1.22. The normalized spacial score (nSPS) is 14.8. The van der Waals surface area contributed by atoms with Crippen molar-refractivity contribution in [3.63, 3.8) is 0 Å². The number of benzene rings is 1. The number of amides is 2. The molecule has 2 amide bonds. The molecule has 1 aliphatic carbocycles. The lowest BCUT2D eigenvalue weighted by Crippen LogP contribution is -2.35. The highest BCUT2D eigenvalue weighted by Gasteiger charge is 2.17. The number of anilines is 2. The van der Waals surface area contributed by atoms with E-state index in [0.717, 1.165) is 17.6 Å². The molecule has 0 spiro atoms. The topological polar surface area (TPSA) is 171 Å². The van der Waals surface area contributed by atoms with Gasteiger partial charge in [0.1, 0.15) is 5.82 Å². The summed E-state index contributed by atoms with van der Waals surface area (Å²) in [6.45, 7) is 1.31. The van der Waals surface area contributed by atoms with E-state index in [4.69, 9.17) is 15.1 Å². The maximum Gasteiger partial charge on any atom is 0.410 e. The Morgan fingerprint density at radius 1 is 1.22 bits per heavy atom. The summed E-state index contributed by atoms with van der Waals surface area (Å²) in [7, 11) is 0. The Hall–Kier alpha value is -4.50. The van der Waals surface area contributed by atoms with Crippen molar-refractivity contribution < 1.29 is 19.4 Å². The van der Waals surface area contributed by atoms with Crippen molar-refractivity contribution in [3.05, 3.63) is 52.4 Å². The summed E-state index contributed by atoms with van der Waals surface area (Å²) in [5.74, 6) is 0.456. The van der Waals surface area contributed by atoms with Crippen LogP contribution in [0.1, 0.15) is 37.7 Å². The molecule has 37 heavy (non-hydrogen) atoms. The van der Waals surface area contributed by atoms with Crippen LogP contribution >= 0.6 is 0 Å². The summed E-state index contributed by atoms with van der Waals surface area (Å²) >= 11 is 0. The Labute approximate surface area is 212 Å². The van der Waals surface area contributed by atoms with E-state index < -0.39 is 6.09 Å². The lowest BCUT2D eigenvalue weighted by Gasteiger charge is -2.23. The average molecular weight is 506 g/mol. The molecule has 5 rings (SSSR count). The van der Waals surface area contributed by atoms with Crippen LogP contribution in [0.3, 0.4) is 0 Å². The number of nitrogens with one attached hydrogen (secondary N) is 3. The van der Waals surface area contributed by atoms with Crippen molar-refractivity contribution in [1.82, 2.24) is 19.9 Å². The molecule has 12 heteroatoms. The Morgan fingerprint density at radius 2 is 2.03 bits per heavy atom. The van der Waals surface area contributed by atoms with Crippen LogP contribution < -0.4 is 26.2 Å². The quantitative estimate of drug-likeness (QED) is 0.407. The van der Waals surface area contributed by atoms with Gasteiger partial charge < -0.3 is 25.0 Å². The van der Waals surface area contributed by atoms with Gasteiger partial charge in [-0.25, -0.2) is 14.8 Å². The number of hydrogen-bond acceptors (Lipinski definition) is 8. The fourth-order valence-corrected chi connectivity index (χ4v) is 4.29. The number of aromatic nitrogens is 3. The molecule has 0 unspecified atom stereocenters. The number of nitrogens with zero attached hydrogens (tertiary/aromatic N) is 4. The van der Waals surface area contributed by atoms with E-state index in [2.05, 4.69) is 32.0 Å². The molecule has 2 aliphatic rings. The van der Waals surface area contributed by atoms with E-state index in [1.54, 1.807) is 22.8 Å². The van der Waals surface area contributed by atoms with Crippen LogP contribution in [0.25, 0.3) is 11.0 Å². The lowest BCUT2D eigenvalue weighted by atomic mass is 9.95. The van der Waals surface area contributed by atoms with Crippen molar-refractivity contribution in [3.8, 4) is 11.8 Å². The van der Waals surface area contributed by atoms with Gasteiger partial charge in [0.05, 0.1) is 28.9 Å². The molecule has 0 saturated heterocycles. The highest BCUT2D eigenvalue weighted by Crippen LogP contribution is 2.26. The third-order valence-electron chi connectivity index (χ3n) is 6.06. The van der Waals surface area contributed by atoms with Crippen LogP contribution in [-0.4, -0.2) is 50.8 Å². The Morgan fingerprint density at radius 3 is 2.78 bits per heavy atom. The molecule has 12 nitrogen and oxygen atoms in total. The zero-order chi connectivity index (χ0) is 26.2. The van der Waals surface area contributed by atoms with Crippen molar-refractivity contribution in [2.45, 2.75) is 44.7 Å². The Balaban J connectivity index is 0.000000186. The number of fused-ring (bicyclic) bond motifs is 2. The number of carbonyl (C=O) groups excluding carboxylic acids is 1. The number of nitriles is 1. The summed E-state index contributed by atoms with van der Waals surface area (Å²) in [6, 6.07) is 10.9. The first-order valence-corrected chi connectivity index (χ1v) is 12.0. The minimum Gasteiger partial charge on any atom is -0.480 e.